The normalized spacial score (nSPS) is 15.6. The molecule has 1 saturated heterocycles. The molecule has 25 heavy (non-hydrogen) atoms. The van der Waals surface area contributed by atoms with E-state index in [1.807, 2.05) is 30.3 Å². The first-order chi connectivity index (χ1) is 12.0. The number of anilines is 2. The maximum Gasteiger partial charge on any atom is 0.273 e. The Morgan fingerprint density at radius 3 is 2.60 bits per heavy atom. The Bertz CT molecular complexity index is 746. The molecule has 1 amide bonds. The van der Waals surface area contributed by atoms with Crippen molar-refractivity contribution in [2.45, 2.75) is 38.7 Å². The van der Waals surface area contributed by atoms with Crippen molar-refractivity contribution < 1.29 is 9.90 Å². The number of carbonyl (C=O) groups is 1. The van der Waals surface area contributed by atoms with Gasteiger partial charge in [0.2, 0.25) is 0 Å². The van der Waals surface area contributed by atoms with Gasteiger partial charge in [0, 0.05) is 20.1 Å². The zero-order valence-corrected chi connectivity index (χ0v) is 15.1. The number of para-hydroxylation sites is 2. The van der Waals surface area contributed by atoms with Gasteiger partial charge in [-0.2, -0.15) is 5.10 Å². The van der Waals surface area contributed by atoms with Crippen LogP contribution in [0.4, 0.5) is 11.4 Å². The van der Waals surface area contributed by atoms with E-state index in [0.717, 1.165) is 43.0 Å². The predicted molar refractivity (Wildman–Crippen MR) is 99.1 cm³/mol. The van der Waals surface area contributed by atoms with Gasteiger partial charge >= 0.3 is 0 Å². The van der Waals surface area contributed by atoms with E-state index in [4.69, 9.17) is 0 Å². The lowest BCUT2D eigenvalue weighted by Crippen LogP contribution is -2.36. The average molecular weight is 342 g/mol. The number of benzene rings is 1. The van der Waals surface area contributed by atoms with E-state index in [9.17, 15) is 9.90 Å². The molecule has 1 aliphatic rings. The molecular formula is C19H26N4O2. The van der Waals surface area contributed by atoms with Crippen LogP contribution in [-0.4, -0.2) is 40.0 Å². The van der Waals surface area contributed by atoms with Gasteiger partial charge in [-0.1, -0.05) is 26.0 Å². The molecule has 134 valence electrons. The van der Waals surface area contributed by atoms with Crippen LogP contribution in [0, 0.1) is 0 Å². The van der Waals surface area contributed by atoms with Gasteiger partial charge < -0.3 is 15.3 Å². The van der Waals surface area contributed by atoms with Crippen LogP contribution in [0.1, 0.15) is 48.8 Å². The molecule has 1 aromatic heterocycles. The fourth-order valence-electron chi connectivity index (χ4n) is 3.13. The summed E-state index contributed by atoms with van der Waals surface area (Å²) in [6.07, 6.45) is 1.28. The van der Waals surface area contributed by atoms with Crippen LogP contribution < -0.4 is 10.2 Å². The van der Waals surface area contributed by atoms with Gasteiger partial charge in [0.25, 0.3) is 5.91 Å². The van der Waals surface area contributed by atoms with Gasteiger partial charge in [0.15, 0.2) is 0 Å². The van der Waals surface area contributed by atoms with Gasteiger partial charge in [-0.05, 0) is 37.0 Å². The molecule has 0 aliphatic carbocycles. The number of aromatic nitrogens is 2. The Balaban J connectivity index is 1.80. The van der Waals surface area contributed by atoms with Gasteiger partial charge in [-0.3, -0.25) is 9.48 Å². The Morgan fingerprint density at radius 1 is 1.28 bits per heavy atom. The molecule has 6 nitrogen and oxygen atoms in total. The number of piperidine rings is 1. The first-order valence-corrected chi connectivity index (χ1v) is 8.83. The average Bonchev–Trinajstić information content (AvgIpc) is 2.98. The van der Waals surface area contributed by atoms with Crippen LogP contribution in [-0.2, 0) is 7.05 Å². The highest BCUT2D eigenvalue weighted by molar-refractivity contribution is 6.05. The summed E-state index contributed by atoms with van der Waals surface area (Å²) < 4.78 is 1.63. The van der Waals surface area contributed by atoms with Gasteiger partial charge in [-0.25, -0.2) is 0 Å². The van der Waals surface area contributed by atoms with Crippen LogP contribution in [0.2, 0.25) is 0 Å². The number of rotatable bonds is 4. The largest absolute Gasteiger partial charge is 0.393 e. The van der Waals surface area contributed by atoms with Crippen LogP contribution in [0.5, 0.6) is 0 Å². The fourth-order valence-corrected chi connectivity index (χ4v) is 3.13. The Labute approximate surface area is 148 Å². The molecule has 6 heteroatoms. The van der Waals surface area contributed by atoms with Crippen LogP contribution in [0.15, 0.2) is 30.3 Å². The van der Waals surface area contributed by atoms with Crippen LogP contribution >= 0.6 is 0 Å². The highest BCUT2D eigenvalue weighted by Gasteiger charge is 2.21. The van der Waals surface area contributed by atoms with E-state index in [1.165, 1.54) is 0 Å². The Morgan fingerprint density at radius 2 is 1.96 bits per heavy atom. The summed E-state index contributed by atoms with van der Waals surface area (Å²) >= 11 is 0. The zero-order valence-electron chi connectivity index (χ0n) is 15.1. The van der Waals surface area contributed by atoms with Crippen molar-refractivity contribution in [3.8, 4) is 0 Å². The molecule has 0 spiro atoms. The summed E-state index contributed by atoms with van der Waals surface area (Å²) in [7, 11) is 1.79. The lowest BCUT2D eigenvalue weighted by atomic mass is 10.1. The smallest absolute Gasteiger partial charge is 0.273 e. The zero-order chi connectivity index (χ0) is 18.0. The Hall–Kier alpha value is -2.34. The maximum absolute atomic E-state index is 12.7. The van der Waals surface area contributed by atoms with Crippen molar-refractivity contribution in [3.05, 3.63) is 41.7 Å². The second-order valence-electron chi connectivity index (χ2n) is 6.92. The Kier molecular flexibility index (Phi) is 5.08. The quantitative estimate of drug-likeness (QED) is 0.896. The number of aliphatic hydroxyl groups is 1. The molecule has 0 unspecified atom stereocenters. The van der Waals surface area contributed by atoms with Crippen molar-refractivity contribution in [3.63, 3.8) is 0 Å². The van der Waals surface area contributed by atoms with Gasteiger partial charge in [0.1, 0.15) is 5.69 Å². The van der Waals surface area contributed by atoms with Gasteiger partial charge in [0.05, 0.1) is 23.2 Å². The summed E-state index contributed by atoms with van der Waals surface area (Å²) in [4.78, 5) is 14.9. The number of aryl methyl sites for hydroxylation is 1. The molecule has 0 bridgehead atoms. The number of amides is 1. The minimum atomic E-state index is -0.220. The topological polar surface area (TPSA) is 70.4 Å². The van der Waals surface area contributed by atoms with E-state index in [-0.39, 0.29) is 17.9 Å². The summed E-state index contributed by atoms with van der Waals surface area (Å²) in [5.41, 5.74) is 3.24. The standard InChI is InChI=1S/C19H26N4O2/c1-13(2)16-12-18(22(3)21-16)19(25)20-15-6-4-5-7-17(15)23-10-8-14(24)9-11-23/h4-7,12-14,24H,8-11H2,1-3H3,(H,20,25). The molecule has 2 aromatic rings. The minimum Gasteiger partial charge on any atom is -0.393 e. The molecule has 0 radical (unpaired) electrons. The second kappa shape index (κ2) is 7.27. The van der Waals surface area contributed by atoms with E-state index in [0.29, 0.717) is 5.69 Å². The number of hydrogen-bond acceptors (Lipinski definition) is 4. The molecule has 0 saturated carbocycles. The molecule has 3 rings (SSSR count). The van der Waals surface area contributed by atoms with E-state index >= 15 is 0 Å². The van der Waals surface area contributed by atoms with Gasteiger partial charge in [-0.15, -0.1) is 0 Å². The SMILES string of the molecule is CC(C)c1cc(C(=O)Nc2ccccc2N2CCC(O)CC2)n(C)n1. The third kappa shape index (κ3) is 3.85. The van der Waals surface area contributed by atoms with Crippen molar-refractivity contribution in [1.82, 2.24) is 9.78 Å². The third-order valence-electron chi connectivity index (χ3n) is 4.68. The van der Waals surface area contributed by atoms with Crippen LogP contribution in [0.3, 0.4) is 0 Å². The first-order valence-electron chi connectivity index (χ1n) is 8.83. The second-order valence-corrected chi connectivity index (χ2v) is 6.92. The predicted octanol–water partition coefficient (Wildman–Crippen LogP) is 2.76. The summed E-state index contributed by atoms with van der Waals surface area (Å²) in [6, 6.07) is 9.66. The highest BCUT2D eigenvalue weighted by Crippen LogP contribution is 2.29. The molecule has 0 atom stereocenters. The summed E-state index contributed by atoms with van der Waals surface area (Å²) in [5.74, 6) is 0.117. The van der Waals surface area contributed by atoms with Crippen molar-refractivity contribution in [2.24, 2.45) is 7.05 Å². The number of nitrogens with zero attached hydrogens (tertiary/aromatic N) is 3. The molecule has 1 aromatic carbocycles. The fraction of sp³-hybridized carbons (Fsp3) is 0.474. The molecule has 1 fully saturated rings. The summed E-state index contributed by atoms with van der Waals surface area (Å²) in [6.45, 7) is 5.70. The lowest BCUT2D eigenvalue weighted by Gasteiger charge is -2.32. The number of hydrogen-bond donors (Lipinski definition) is 2. The monoisotopic (exact) mass is 342 g/mol. The number of carbonyl (C=O) groups excluding carboxylic acids is 1. The maximum atomic E-state index is 12.7. The lowest BCUT2D eigenvalue weighted by molar-refractivity contribution is 0.101. The number of nitrogens with one attached hydrogen (secondary N) is 1. The molecule has 2 heterocycles. The molecular weight excluding hydrogens is 316 g/mol. The number of aliphatic hydroxyl groups excluding tert-OH is 1. The van der Waals surface area contributed by atoms with E-state index < -0.39 is 0 Å². The van der Waals surface area contributed by atoms with Crippen LogP contribution in [0.25, 0.3) is 0 Å². The van der Waals surface area contributed by atoms with E-state index in [2.05, 4.69) is 29.2 Å². The molecule has 1 aliphatic heterocycles. The first kappa shape index (κ1) is 17.5. The van der Waals surface area contributed by atoms with Crippen molar-refractivity contribution in [1.29, 1.82) is 0 Å². The summed E-state index contributed by atoms with van der Waals surface area (Å²) in [5, 5.41) is 17.1. The highest BCUT2D eigenvalue weighted by atomic mass is 16.3. The van der Waals surface area contributed by atoms with Crippen molar-refractivity contribution >= 4 is 17.3 Å². The molecule has 2 N–H and O–H groups in total. The van der Waals surface area contributed by atoms with E-state index in [1.54, 1.807) is 11.7 Å². The van der Waals surface area contributed by atoms with Crippen molar-refractivity contribution in [2.75, 3.05) is 23.3 Å². The minimum absolute atomic E-state index is 0.161. The third-order valence-corrected chi connectivity index (χ3v) is 4.68.